The number of rotatable bonds is 37. The summed E-state index contributed by atoms with van der Waals surface area (Å²) in [6, 6.07) is 0. The van der Waals surface area contributed by atoms with Gasteiger partial charge in [-0.3, -0.25) is 18.6 Å². The third kappa shape index (κ3) is 36.1. The van der Waals surface area contributed by atoms with Gasteiger partial charge in [0.25, 0.3) is 0 Å². The Morgan fingerprint density at radius 2 is 1.00 bits per heavy atom. The third-order valence-corrected chi connectivity index (χ3v) is 9.46. The Labute approximate surface area is 306 Å². The Hall–Kier alpha value is -1.73. The van der Waals surface area contributed by atoms with Crippen LogP contribution in [0.25, 0.3) is 0 Å². The molecule has 0 aliphatic carbocycles. The zero-order valence-corrected chi connectivity index (χ0v) is 33.2. The van der Waals surface area contributed by atoms with Crippen LogP contribution in [0, 0.1) is 0 Å². The van der Waals surface area contributed by atoms with E-state index in [4.69, 9.17) is 18.5 Å². The number of phosphoric acid groups is 1. The van der Waals surface area contributed by atoms with Crippen LogP contribution in [0.3, 0.4) is 0 Å². The maximum absolute atomic E-state index is 12.5. The largest absolute Gasteiger partial charge is 0.472 e. The van der Waals surface area contributed by atoms with Crippen LogP contribution in [0.2, 0.25) is 0 Å². The summed E-state index contributed by atoms with van der Waals surface area (Å²) in [5, 5.41) is 0. The van der Waals surface area contributed by atoms with Gasteiger partial charge >= 0.3 is 19.8 Å². The lowest BCUT2D eigenvalue weighted by Gasteiger charge is -2.19. The average molecular weight is 727 g/mol. The second kappa shape index (κ2) is 37.0. The molecule has 8 nitrogen and oxygen atoms in total. The summed E-state index contributed by atoms with van der Waals surface area (Å²) in [5.74, 6) is -0.819. The maximum Gasteiger partial charge on any atom is 0.472 e. The molecule has 0 aliphatic rings. The molecule has 2 unspecified atom stereocenters. The Bertz CT molecular complexity index is 916. The molecule has 0 bridgehead atoms. The first-order valence-electron chi connectivity index (χ1n) is 20.3. The van der Waals surface area contributed by atoms with Gasteiger partial charge in [0.2, 0.25) is 0 Å². The van der Waals surface area contributed by atoms with E-state index in [1.54, 1.807) is 6.92 Å². The molecule has 0 saturated carbocycles. The molecule has 0 saturated heterocycles. The SMILES string of the molecule is CCC/C=C\C/C=C\CCCCCCCC(=O)OC(COC(=O)CCCCCCCCC/C=C\CCCCCCCC)COP(=O)(O)OCC. The molecule has 2 atom stereocenters. The lowest BCUT2D eigenvalue weighted by atomic mass is 10.1. The van der Waals surface area contributed by atoms with Gasteiger partial charge < -0.3 is 14.4 Å². The number of esters is 2. The fraction of sp³-hybridized carbons (Fsp3) is 0.805. The van der Waals surface area contributed by atoms with Crippen LogP contribution in [0.1, 0.15) is 188 Å². The first-order valence-corrected chi connectivity index (χ1v) is 21.8. The van der Waals surface area contributed by atoms with Crippen LogP contribution >= 0.6 is 7.82 Å². The average Bonchev–Trinajstić information content (AvgIpc) is 3.09. The van der Waals surface area contributed by atoms with Gasteiger partial charge in [0.15, 0.2) is 6.10 Å². The smallest absolute Gasteiger partial charge is 0.462 e. The second-order valence-corrected chi connectivity index (χ2v) is 14.7. The van der Waals surface area contributed by atoms with Crippen LogP contribution in [-0.2, 0) is 32.7 Å². The number of allylic oxidation sites excluding steroid dienone is 6. The summed E-state index contributed by atoms with van der Waals surface area (Å²) >= 11 is 0. The summed E-state index contributed by atoms with van der Waals surface area (Å²) in [5.41, 5.74) is 0. The number of hydrogen-bond acceptors (Lipinski definition) is 7. The van der Waals surface area contributed by atoms with E-state index >= 15 is 0 Å². The number of ether oxygens (including phenoxy) is 2. The van der Waals surface area contributed by atoms with Gasteiger partial charge in [-0.15, -0.1) is 0 Å². The molecule has 50 heavy (non-hydrogen) atoms. The summed E-state index contributed by atoms with van der Waals surface area (Å²) in [7, 11) is -4.28. The van der Waals surface area contributed by atoms with E-state index in [1.807, 2.05) is 0 Å². The van der Waals surface area contributed by atoms with Gasteiger partial charge in [-0.05, 0) is 71.1 Å². The molecule has 0 rings (SSSR count). The summed E-state index contributed by atoms with van der Waals surface area (Å²) < 4.78 is 32.5. The molecule has 0 heterocycles. The highest BCUT2D eigenvalue weighted by Gasteiger charge is 2.25. The molecule has 0 aliphatic heterocycles. The molecule has 0 aromatic rings. The van der Waals surface area contributed by atoms with Crippen molar-refractivity contribution in [3.05, 3.63) is 36.5 Å². The Morgan fingerprint density at radius 3 is 1.52 bits per heavy atom. The highest BCUT2D eigenvalue weighted by molar-refractivity contribution is 7.47. The van der Waals surface area contributed by atoms with Crippen molar-refractivity contribution in [3.63, 3.8) is 0 Å². The molecular weight excluding hydrogens is 651 g/mol. The lowest BCUT2D eigenvalue weighted by Crippen LogP contribution is -2.29. The minimum absolute atomic E-state index is 0.00338. The Morgan fingerprint density at radius 1 is 0.540 bits per heavy atom. The molecule has 0 aromatic heterocycles. The standard InChI is InChI=1S/C41H75O8P/c1-4-7-9-11-13-15-17-19-20-21-22-24-25-27-29-31-33-35-40(42)46-37-39(38-48-50(44,45)47-6-3)49-41(43)36-34-32-30-28-26-23-18-16-14-12-10-8-5-2/h10,12,16,18-20,39H,4-9,11,13-15,17,21-38H2,1-3H3,(H,44,45)/b12-10-,18-16-,20-19-. The van der Waals surface area contributed by atoms with Gasteiger partial charge in [-0.25, -0.2) is 4.57 Å². The fourth-order valence-corrected chi connectivity index (χ4v) is 6.18. The van der Waals surface area contributed by atoms with Crippen molar-refractivity contribution in [1.82, 2.24) is 0 Å². The maximum atomic E-state index is 12.5. The predicted octanol–water partition coefficient (Wildman–Crippen LogP) is 12.4. The van der Waals surface area contributed by atoms with E-state index in [9.17, 15) is 19.0 Å². The van der Waals surface area contributed by atoms with Gasteiger partial charge in [0.05, 0.1) is 13.2 Å². The summed E-state index contributed by atoms with van der Waals surface area (Å²) in [6.45, 7) is 5.38. The van der Waals surface area contributed by atoms with Crippen LogP contribution in [0.5, 0.6) is 0 Å². The van der Waals surface area contributed by atoms with Crippen LogP contribution in [-0.4, -0.2) is 42.8 Å². The van der Waals surface area contributed by atoms with E-state index in [1.165, 1.54) is 83.5 Å². The number of hydrogen-bond donors (Lipinski definition) is 1. The lowest BCUT2D eigenvalue weighted by molar-refractivity contribution is -0.161. The number of unbranched alkanes of at least 4 members (excludes halogenated alkanes) is 19. The van der Waals surface area contributed by atoms with Crippen molar-refractivity contribution in [3.8, 4) is 0 Å². The van der Waals surface area contributed by atoms with Crippen molar-refractivity contribution < 1.29 is 37.6 Å². The Balaban J connectivity index is 4.12. The molecule has 1 N–H and O–H groups in total. The molecule has 292 valence electrons. The van der Waals surface area contributed by atoms with E-state index < -0.39 is 26.5 Å². The van der Waals surface area contributed by atoms with E-state index in [0.717, 1.165) is 64.2 Å². The van der Waals surface area contributed by atoms with E-state index in [-0.39, 0.29) is 32.0 Å². The first-order chi connectivity index (χ1) is 24.3. The monoisotopic (exact) mass is 727 g/mol. The molecule has 0 amide bonds. The fourth-order valence-electron chi connectivity index (χ4n) is 5.43. The van der Waals surface area contributed by atoms with E-state index in [2.05, 4.69) is 50.3 Å². The molecule has 9 heteroatoms. The second-order valence-electron chi connectivity index (χ2n) is 13.3. The summed E-state index contributed by atoms with van der Waals surface area (Å²) in [4.78, 5) is 34.6. The van der Waals surface area contributed by atoms with Crippen molar-refractivity contribution in [2.45, 2.75) is 194 Å². The van der Waals surface area contributed by atoms with Gasteiger partial charge in [-0.1, -0.05) is 140 Å². The van der Waals surface area contributed by atoms with Crippen molar-refractivity contribution >= 4 is 19.8 Å². The van der Waals surface area contributed by atoms with Crippen molar-refractivity contribution in [2.24, 2.45) is 0 Å². The molecule has 0 aromatic carbocycles. The number of carbonyl (C=O) groups excluding carboxylic acids is 2. The topological polar surface area (TPSA) is 108 Å². The van der Waals surface area contributed by atoms with Crippen LogP contribution in [0.4, 0.5) is 0 Å². The van der Waals surface area contributed by atoms with E-state index in [0.29, 0.717) is 6.42 Å². The van der Waals surface area contributed by atoms with Crippen molar-refractivity contribution in [2.75, 3.05) is 19.8 Å². The van der Waals surface area contributed by atoms with Gasteiger partial charge in [0, 0.05) is 12.8 Å². The normalized spacial score (nSPS) is 13.8. The number of carbonyl (C=O) groups is 2. The van der Waals surface area contributed by atoms with Crippen LogP contribution < -0.4 is 0 Å². The first kappa shape index (κ1) is 48.3. The molecule has 0 radical (unpaired) electrons. The highest BCUT2D eigenvalue weighted by Crippen LogP contribution is 2.43. The van der Waals surface area contributed by atoms with Gasteiger partial charge in [-0.2, -0.15) is 0 Å². The van der Waals surface area contributed by atoms with Gasteiger partial charge in [0.1, 0.15) is 6.61 Å². The third-order valence-electron chi connectivity index (χ3n) is 8.40. The highest BCUT2D eigenvalue weighted by atomic mass is 31.2. The van der Waals surface area contributed by atoms with Crippen LogP contribution in [0.15, 0.2) is 36.5 Å². The quantitative estimate of drug-likeness (QED) is 0.0292. The minimum atomic E-state index is -4.28. The zero-order chi connectivity index (χ0) is 36.8. The zero-order valence-electron chi connectivity index (χ0n) is 32.3. The molecule has 0 fully saturated rings. The van der Waals surface area contributed by atoms with Crippen molar-refractivity contribution in [1.29, 1.82) is 0 Å². The molecule has 0 spiro atoms. The molecular formula is C41H75O8P. The Kier molecular flexibility index (Phi) is 35.8. The number of phosphoric ester groups is 1. The predicted molar refractivity (Wildman–Crippen MR) is 207 cm³/mol. The summed E-state index contributed by atoms with van der Waals surface area (Å²) in [6.07, 6.45) is 40.5. The minimum Gasteiger partial charge on any atom is -0.462 e.